The summed E-state index contributed by atoms with van der Waals surface area (Å²) in [6, 6.07) is 11.7. The first kappa shape index (κ1) is 18.9. The second kappa shape index (κ2) is 7.53. The number of amides is 2. The van der Waals surface area contributed by atoms with E-state index in [0.717, 1.165) is 36.4 Å². The molecule has 0 spiro atoms. The molecular formula is C22H25N3O2S. The van der Waals surface area contributed by atoms with Gasteiger partial charge in [0.1, 0.15) is 5.70 Å². The van der Waals surface area contributed by atoms with Crippen molar-refractivity contribution in [3.8, 4) is 0 Å². The normalized spacial score (nSPS) is 19.0. The minimum Gasteiger partial charge on any atom is -0.366 e. The van der Waals surface area contributed by atoms with E-state index in [1.54, 1.807) is 0 Å². The van der Waals surface area contributed by atoms with Crippen molar-refractivity contribution in [2.45, 2.75) is 25.8 Å². The van der Waals surface area contributed by atoms with Crippen LogP contribution in [0.4, 0.5) is 5.69 Å². The Bertz CT molecular complexity index is 927. The van der Waals surface area contributed by atoms with Crippen LogP contribution in [0, 0.1) is 6.92 Å². The molecule has 1 aromatic carbocycles. The number of thiophene rings is 1. The lowest BCUT2D eigenvalue weighted by Crippen LogP contribution is -2.43. The lowest BCUT2D eigenvalue weighted by molar-refractivity contribution is -0.120. The summed E-state index contributed by atoms with van der Waals surface area (Å²) in [5.41, 5.74) is 2.72. The second-order valence-corrected chi connectivity index (χ2v) is 8.58. The van der Waals surface area contributed by atoms with Crippen molar-refractivity contribution in [3.63, 3.8) is 0 Å². The van der Waals surface area contributed by atoms with E-state index in [1.807, 2.05) is 55.7 Å². The molecule has 1 fully saturated rings. The fourth-order valence-electron chi connectivity index (χ4n) is 4.05. The Hall–Kier alpha value is -2.44. The van der Waals surface area contributed by atoms with Crippen molar-refractivity contribution in [1.82, 2.24) is 9.80 Å². The standard InChI is InChI=1S/C22H25N3O2S/c1-15-6-4-7-17(14-15)25-21(26)19(18-8-5-13-28-18)20(22(25)27)24(3)16-9-11-23(2)12-10-16/h4-8,13-14,16H,9-12H2,1-3H3. The zero-order valence-electron chi connectivity index (χ0n) is 16.5. The molecule has 2 aromatic rings. The van der Waals surface area contributed by atoms with Gasteiger partial charge in [0.05, 0.1) is 11.3 Å². The van der Waals surface area contributed by atoms with Gasteiger partial charge in [-0.3, -0.25) is 9.59 Å². The van der Waals surface area contributed by atoms with Crippen LogP contribution in [0.15, 0.2) is 47.5 Å². The molecule has 1 aromatic heterocycles. The Morgan fingerprint density at radius 1 is 1.07 bits per heavy atom. The molecule has 2 aliphatic rings. The number of anilines is 1. The van der Waals surface area contributed by atoms with Gasteiger partial charge in [0.15, 0.2) is 0 Å². The summed E-state index contributed by atoms with van der Waals surface area (Å²) >= 11 is 1.50. The number of aryl methyl sites for hydroxylation is 1. The summed E-state index contributed by atoms with van der Waals surface area (Å²) in [7, 11) is 4.08. The molecule has 0 radical (unpaired) electrons. The highest BCUT2D eigenvalue weighted by atomic mass is 32.1. The third-order valence-corrected chi connectivity index (χ3v) is 6.56. The average Bonchev–Trinajstić information content (AvgIpc) is 3.28. The van der Waals surface area contributed by atoms with E-state index in [-0.39, 0.29) is 17.9 Å². The molecule has 146 valence electrons. The maximum absolute atomic E-state index is 13.5. The maximum Gasteiger partial charge on any atom is 0.282 e. The summed E-state index contributed by atoms with van der Waals surface area (Å²) in [6.45, 7) is 3.97. The van der Waals surface area contributed by atoms with Gasteiger partial charge in [0.25, 0.3) is 11.8 Å². The van der Waals surface area contributed by atoms with Gasteiger partial charge in [-0.2, -0.15) is 0 Å². The lowest BCUT2D eigenvalue weighted by atomic mass is 10.0. The van der Waals surface area contributed by atoms with E-state index in [2.05, 4.69) is 16.8 Å². The SMILES string of the molecule is Cc1cccc(N2C(=O)C(c3cccs3)=C(N(C)C3CCN(C)CC3)C2=O)c1. The Balaban J connectivity index is 1.75. The van der Waals surface area contributed by atoms with Gasteiger partial charge in [0, 0.05) is 18.0 Å². The Morgan fingerprint density at radius 2 is 1.82 bits per heavy atom. The predicted octanol–water partition coefficient (Wildman–Crippen LogP) is 3.37. The van der Waals surface area contributed by atoms with E-state index in [0.29, 0.717) is 17.0 Å². The summed E-state index contributed by atoms with van der Waals surface area (Å²) in [5, 5.41) is 1.95. The number of imide groups is 1. The molecule has 0 atom stereocenters. The lowest BCUT2D eigenvalue weighted by Gasteiger charge is -2.36. The molecule has 0 N–H and O–H groups in total. The van der Waals surface area contributed by atoms with E-state index < -0.39 is 0 Å². The topological polar surface area (TPSA) is 43.9 Å². The highest BCUT2D eigenvalue weighted by molar-refractivity contribution is 7.11. The Morgan fingerprint density at radius 3 is 2.46 bits per heavy atom. The van der Waals surface area contributed by atoms with Gasteiger partial charge in [-0.25, -0.2) is 4.90 Å². The molecular weight excluding hydrogens is 370 g/mol. The number of benzene rings is 1. The van der Waals surface area contributed by atoms with Gasteiger partial charge in [-0.1, -0.05) is 18.2 Å². The number of piperidine rings is 1. The van der Waals surface area contributed by atoms with Crippen LogP contribution in [0.3, 0.4) is 0 Å². The Kier molecular flexibility index (Phi) is 5.08. The highest BCUT2D eigenvalue weighted by Crippen LogP contribution is 2.37. The summed E-state index contributed by atoms with van der Waals surface area (Å²) in [5.74, 6) is -0.451. The highest BCUT2D eigenvalue weighted by Gasteiger charge is 2.43. The van der Waals surface area contributed by atoms with E-state index >= 15 is 0 Å². The smallest absolute Gasteiger partial charge is 0.282 e. The van der Waals surface area contributed by atoms with Crippen LogP contribution in [0.5, 0.6) is 0 Å². The minimum absolute atomic E-state index is 0.222. The molecule has 28 heavy (non-hydrogen) atoms. The molecule has 2 amide bonds. The van der Waals surface area contributed by atoms with Crippen LogP contribution in [-0.4, -0.2) is 54.8 Å². The van der Waals surface area contributed by atoms with E-state index in [4.69, 9.17) is 0 Å². The van der Waals surface area contributed by atoms with E-state index in [1.165, 1.54) is 16.2 Å². The van der Waals surface area contributed by atoms with Gasteiger partial charge in [-0.15, -0.1) is 11.3 Å². The van der Waals surface area contributed by atoms with Gasteiger partial charge in [-0.05, 0) is 69.0 Å². The summed E-state index contributed by atoms with van der Waals surface area (Å²) in [6.07, 6.45) is 1.97. The quantitative estimate of drug-likeness (QED) is 0.745. The number of rotatable bonds is 4. The zero-order chi connectivity index (χ0) is 19.8. The monoisotopic (exact) mass is 395 g/mol. The molecule has 0 unspecified atom stereocenters. The summed E-state index contributed by atoms with van der Waals surface area (Å²) < 4.78 is 0. The number of likely N-dealkylation sites (N-methyl/N-ethyl adjacent to an activating group) is 1. The first-order chi connectivity index (χ1) is 13.5. The van der Waals surface area contributed by atoms with Crippen molar-refractivity contribution < 1.29 is 9.59 Å². The largest absolute Gasteiger partial charge is 0.366 e. The number of hydrogen-bond acceptors (Lipinski definition) is 5. The molecule has 0 bridgehead atoms. The fourth-order valence-corrected chi connectivity index (χ4v) is 4.82. The van der Waals surface area contributed by atoms with Crippen LogP contribution >= 0.6 is 11.3 Å². The summed E-state index contributed by atoms with van der Waals surface area (Å²) in [4.78, 5) is 33.4. The minimum atomic E-state index is -0.229. The Labute approximate surface area is 169 Å². The van der Waals surface area contributed by atoms with Gasteiger partial charge >= 0.3 is 0 Å². The number of hydrogen-bond donors (Lipinski definition) is 0. The van der Waals surface area contributed by atoms with Crippen LogP contribution in [0.1, 0.15) is 23.3 Å². The first-order valence-electron chi connectivity index (χ1n) is 9.62. The van der Waals surface area contributed by atoms with Crippen molar-refractivity contribution in [3.05, 3.63) is 57.9 Å². The van der Waals surface area contributed by atoms with Crippen molar-refractivity contribution in [2.24, 2.45) is 0 Å². The third kappa shape index (κ3) is 3.27. The predicted molar refractivity (Wildman–Crippen MR) is 113 cm³/mol. The van der Waals surface area contributed by atoms with Gasteiger partial charge in [0.2, 0.25) is 0 Å². The van der Waals surface area contributed by atoms with Crippen LogP contribution in [0.25, 0.3) is 5.57 Å². The van der Waals surface area contributed by atoms with Gasteiger partial charge < -0.3 is 9.80 Å². The third-order valence-electron chi connectivity index (χ3n) is 5.68. The number of likely N-dealkylation sites (tertiary alicyclic amines) is 1. The molecule has 6 heteroatoms. The number of carbonyl (C=O) groups excluding carboxylic acids is 2. The molecule has 1 saturated heterocycles. The molecule has 0 aliphatic carbocycles. The second-order valence-electron chi connectivity index (χ2n) is 7.63. The van der Waals surface area contributed by atoms with Crippen molar-refractivity contribution >= 4 is 34.4 Å². The van der Waals surface area contributed by atoms with Crippen LogP contribution in [0.2, 0.25) is 0 Å². The van der Waals surface area contributed by atoms with Crippen LogP contribution in [-0.2, 0) is 9.59 Å². The van der Waals surface area contributed by atoms with E-state index in [9.17, 15) is 9.59 Å². The fraction of sp³-hybridized carbons (Fsp3) is 0.364. The number of nitrogens with zero attached hydrogens (tertiary/aromatic N) is 3. The maximum atomic E-state index is 13.5. The number of carbonyl (C=O) groups is 2. The van der Waals surface area contributed by atoms with Crippen molar-refractivity contribution in [1.29, 1.82) is 0 Å². The molecule has 0 saturated carbocycles. The molecule has 2 aliphatic heterocycles. The van der Waals surface area contributed by atoms with Crippen LogP contribution < -0.4 is 4.90 Å². The average molecular weight is 396 g/mol. The first-order valence-corrected chi connectivity index (χ1v) is 10.5. The molecule has 5 nitrogen and oxygen atoms in total. The zero-order valence-corrected chi connectivity index (χ0v) is 17.3. The molecule has 4 rings (SSSR count). The molecule has 3 heterocycles. The van der Waals surface area contributed by atoms with Crippen molar-refractivity contribution in [2.75, 3.05) is 32.1 Å².